The van der Waals surface area contributed by atoms with E-state index < -0.39 is 0 Å². The van der Waals surface area contributed by atoms with Gasteiger partial charge in [-0.05, 0) is 31.0 Å². The lowest BCUT2D eigenvalue weighted by Gasteiger charge is -2.09. The molecule has 1 aliphatic heterocycles. The Labute approximate surface area is 110 Å². The van der Waals surface area contributed by atoms with Crippen molar-refractivity contribution in [2.75, 3.05) is 13.2 Å². The normalized spacial score (nSPS) is 22.3. The summed E-state index contributed by atoms with van der Waals surface area (Å²) in [6.07, 6.45) is 8.04. The summed E-state index contributed by atoms with van der Waals surface area (Å²) in [5.74, 6) is 0.921. The van der Waals surface area contributed by atoms with Crippen LogP contribution >= 0.6 is 0 Å². The molecule has 1 aliphatic rings. The lowest BCUT2D eigenvalue weighted by molar-refractivity contribution is 0.202. The third-order valence-electron chi connectivity index (χ3n) is 3.07. The molecule has 0 N–H and O–H groups in total. The molecule has 0 radical (unpaired) electrons. The molecule has 0 spiro atoms. The summed E-state index contributed by atoms with van der Waals surface area (Å²) in [6.45, 7) is 5.73. The smallest absolute Gasteiger partial charge is 0.123 e. The van der Waals surface area contributed by atoms with Crippen LogP contribution in [-0.4, -0.2) is 18.8 Å². The predicted octanol–water partition coefficient (Wildman–Crippen LogP) is 4.06. The fraction of sp³-hybridized carbons (Fsp3) is 0.500. The largest absolute Gasteiger partial charge is 0.490 e. The standard InChI is InChI=1S/C16H22O2/c1-3-4-5-6-8-14-9-7-10-15(11-14)17-12-16(2)13-18-16/h6-11H,3-5,12-13H2,1-2H3/b8-6+. The molecule has 0 amide bonds. The van der Waals surface area contributed by atoms with Crippen molar-refractivity contribution in [3.63, 3.8) is 0 Å². The quantitative estimate of drug-likeness (QED) is 0.534. The van der Waals surface area contributed by atoms with Gasteiger partial charge in [-0.15, -0.1) is 0 Å². The molecule has 2 rings (SSSR count). The first-order valence-corrected chi connectivity index (χ1v) is 6.75. The average molecular weight is 246 g/mol. The zero-order chi connectivity index (χ0) is 12.8. The van der Waals surface area contributed by atoms with Gasteiger partial charge in [-0.2, -0.15) is 0 Å². The highest BCUT2D eigenvalue weighted by atomic mass is 16.6. The Balaban J connectivity index is 1.86. The average Bonchev–Trinajstić information content (AvgIpc) is 3.12. The van der Waals surface area contributed by atoms with Crippen molar-refractivity contribution in [3.8, 4) is 5.75 Å². The molecular formula is C16H22O2. The Bertz CT molecular complexity index is 405. The molecule has 1 aromatic rings. The van der Waals surface area contributed by atoms with E-state index in [9.17, 15) is 0 Å². The second-order valence-corrected chi connectivity index (χ2v) is 5.14. The minimum atomic E-state index is -0.0486. The monoisotopic (exact) mass is 246 g/mol. The number of ether oxygens (including phenoxy) is 2. The van der Waals surface area contributed by atoms with E-state index in [1.54, 1.807) is 0 Å². The van der Waals surface area contributed by atoms with Gasteiger partial charge in [-0.1, -0.05) is 44.1 Å². The number of hydrogen-bond acceptors (Lipinski definition) is 2. The molecule has 0 aromatic heterocycles. The molecule has 1 aromatic carbocycles. The summed E-state index contributed by atoms with van der Waals surface area (Å²) in [5.41, 5.74) is 1.15. The van der Waals surface area contributed by atoms with Crippen molar-refractivity contribution in [1.29, 1.82) is 0 Å². The van der Waals surface area contributed by atoms with Gasteiger partial charge in [-0.3, -0.25) is 0 Å². The van der Waals surface area contributed by atoms with E-state index in [-0.39, 0.29) is 5.60 Å². The molecule has 0 saturated carbocycles. The van der Waals surface area contributed by atoms with Crippen molar-refractivity contribution in [2.24, 2.45) is 0 Å². The highest BCUT2D eigenvalue weighted by molar-refractivity contribution is 5.51. The first kappa shape index (κ1) is 13.2. The van der Waals surface area contributed by atoms with E-state index in [4.69, 9.17) is 9.47 Å². The van der Waals surface area contributed by atoms with Crippen molar-refractivity contribution >= 4 is 6.08 Å². The lowest BCUT2D eigenvalue weighted by Crippen LogP contribution is -2.16. The summed E-state index contributed by atoms with van der Waals surface area (Å²) >= 11 is 0. The van der Waals surface area contributed by atoms with Crippen molar-refractivity contribution in [1.82, 2.24) is 0 Å². The maximum atomic E-state index is 5.74. The van der Waals surface area contributed by atoms with Crippen LogP contribution in [0.2, 0.25) is 0 Å². The number of benzene rings is 1. The Kier molecular flexibility index (Phi) is 4.43. The van der Waals surface area contributed by atoms with Gasteiger partial charge in [0.2, 0.25) is 0 Å². The van der Waals surface area contributed by atoms with Gasteiger partial charge in [0.25, 0.3) is 0 Å². The zero-order valence-electron chi connectivity index (χ0n) is 11.3. The molecule has 98 valence electrons. The molecule has 18 heavy (non-hydrogen) atoms. The maximum absolute atomic E-state index is 5.74. The lowest BCUT2D eigenvalue weighted by atomic mass is 10.1. The first-order chi connectivity index (χ1) is 8.72. The van der Waals surface area contributed by atoms with Crippen LogP contribution in [0.25, 0.3) is 6.08 Å². The molecule has 0 aliphatic carbocycles. The van der Waals surface area contributed by atoms with Crippen LogP contribution in [-0.2, 0) is 4.74 Å². The van der Waals surface area contributed by atoms with Crippen LogP contribution in [0.4, 0.5) is 0 Å². The third kappa shape index (κ3) is 4.19. The van der Waals surface area contributed by atoms with Gasteiger partial charge in [0.1, 0.15) is 18.0 Å². The molecule has 2 heteroatoms. The first-order valence-electron chi connectivity index (χ1n) is 6.75. The van der Waals surface area contributed by atoms with Gasteiger partial charge in [-0.25, -0.2) is 0 Å². The van der Waals surface area contributed by atoms with Crippen LogP contribution in [0.5, 0.6) is 5.75 Å². The maximum Gasteiger partial charge on any atom is 0.123 e. The fourth-order valence-corrected chi connectivity index (χ4v) is 1.69. The Morgan fingerprint density at radius 3 is 3.00 bits per heavy atom. The van der Waals surface area contributed by atoms with Crippen LogP contribution in [0.3, 0.4) is 0 Å². The van der Waals surface area contributed by atoms with E-state index in [0.717, 1.165) is 18.8 Å². The second-order valence-electron chi connectivity index (χ2n) is 5.14. The highest BCUT2D eigenvalue weighted by Gasteiger charge is 2.40. The minimum Gasteiger partial charge on any atom is -0.490 e. The van der Waals surface area contributed by atoms with E-state index in [1.807, 2.05) is 12.1 Å². The third-order valence-corrected chi connectivity index (χ3v) is 3.07. The Hall–Kier alpha value is -1.28. The number of unbranched alkanes of at least 4 members (excludes halogenated alkanes) is 2. The molecular weight excluding hydrogens is 224 g/mol. The van der Waals surface area contributed by atoms with E-state index in [1.165, 1.54) is 18.4 Å². The van der Waals surface area contributed by atoms with Crippen molar-refractivity contribution in [2.45, 2.75) is 38.7 Å². The molecule has 2 nitrogen and oxygen atoms in total. The SMILES string of the molecule is CCCC/C=C/c1cccc(OCC2(C)CO2)c1. The van der Waals surface area contributed by atoms with E-state index in [0.29, 0.717) is 6.61 Å². The van der Waals surface area contributed by atoms with Crippen LogP contribution in [0.15, 0.2) is 30.3 Å². The molecule has 1 saturated heterocycles. The summed E-state index contributed by atoms with van der Waals surface area (Å²) in [4.78, 5) is 0. The second kappa shape index (κ2) is 6.05. The fourth-order valence-electron chi connectivity index (χ4n) is 1.69. The molecule has 1 fully saturated rings. The van der Waals surface area contributed by atoms with Gasteiger partial charge in [0.15, 0.2) is 0 Å². The number of hydrogen-bond donors (Lipinski definition) is 0. The topological polar surface area (TPSA) is 21.8 Å². The van der Waals surface area contributed by atoms with Crippen LogP contribution in [0, 0.1) is 0 Å². The van der Waals surface area contributed by atoms with Gasteiger partial charge in [0.05, 0.1) is 6.61 Å². The molecule has 1 heterocycles. The van der Waals surface area contributed by atoms with E-state index in [2.05, 4.69) is 38.1 Å². The highest BCUT2D eigenvalue weighted by Crippen LogP contribution is 2.27. The van der Waals surface area contributed by atoms with Crippen molar-refractivity contribution < 1.29 is 9.47 Å². The Morgan fingerprint density at radius 2 is 2.28 bits per heavy atom. The van der Waals surface area contributed by atoms with Gasteiger partial charge in [0, 0.05) is 0 Å². The van der Waals surface area contributed by atoms with Gasteiger partial charge < -0.3 is 9.47 Å². The summed E-state index contributed by atoms with van der Waals surface area (Å²) < 4.78 is 11.0. The number of rotatable bonds is 7. The predicted molar refractivity (Wildman–Crippen MR) is 74.9 cm³/mol. The number of allylic oxidation sites excluding steroid dienone is 1. The van der Waals surface area contributed by atoms with Crippen LogP contribution < -0.4 is 4.74 Å². The van der Waals surface area contributed by atoms with Gasteiger partial charge >= 0.3 is 0 Å². The van der Waals surface area contributed by atoms with E-state index >= 15 is 0 Å². The van der Waals surface area contributed by atoms with Crippen molar-refractivity contribution in [3.05, 3.63) is 35.9 Å². The minimum absolute atomic E-state index is 0.0486. The Morgan fingerprint density at radius 1 is 1.44 bits per heavy atom. The molecule has 0 bridgehead atoms. The summed E-state index contributed by atoms with van der Waals surface area (Å²) in [6, 6.07) is 8.21. The van der Waals surface area contributed by atoms with Crippen LogP contribution in [0.1, 0.15) is 38.7 Å². The summed E-state index contributed by atoms with van der Waals surface area (Å²) in [7, 11) is 0. The molecule has 1 unspecified atom stereocenters. The number of epoxide rings is 1. The summed E-state index contributed by atoms with van der Waals surface area (Å²) in [5, 5.41) is 0. The zero-order valence-corrected chi connectivity index (χ0v) is 11.3. The molecule has 1 atom stereocenters.